The van der Waals surface area contributed by atoms with Crippen molar-refractivity contribution in [1.29, 1.82) is 0 Å². The van der Waals surface area contributed by atoms with Crippen molar-refractivity contribution in [2.24, 2.45) is 0 Å². The van der Waals surface area contributed by atoms with Crippen LogP contribution in [0.3, 0.4) is 0 Å². The number of ether oxygens (including phenoxy) is 1. The van der Waals surface area contributed by atoms with E-state index in [0.29, 0.717) is 12.1 Å². The van der Waals surface area contributed by atoms with Gasteiger partial charge >= 0.3 is 0 Å². The summed E-state index contributed by atoms with van der Waals surface area (Å²) < 4.78 is 7.74. The predicted octanol–water partition coefficient (Wildman–Crippen LogP) is 3.58. The van der Waals surface area contributed by atoms with Crippen molar-refractivity contribution in [1.82, 2.24) is 15.1 Å². The topological polar surface area (TPSA) is 39.1 Å². The average molecular weight is 295 g/mol. The molecule has 1 aromatic rings. The molecule has 1 aromatic heterocycles. The number of nitrogens with zero attached hydrogens (tertiary/aromatic N) is 2. The molecule has 1 atom stereocenters. The Bertz CT molecular complexity index is 361. The molecule has 0 aliphatic rings. The molecule has 0 aliphatic heterocycles. The van der Waals surface area contributed by atoms with Gasteiger partial charge in [0.25, 0.3) is 0 Å². The maximum atomic E-state index is 5.61. The van der Waals surface area contributed by atoms with E-state index >= 15 is 0 Å². The van der Waals surface area contributed by atoms with E-state index in [2.05, 4.69) is 50.0 Å². The second-order valence-corrected chi connectivity index (χ2v) is 5.62. The van der Waals surface area contributed by atoms with Crippen LogP contribution >= 0.6 is 0 Å². The largest absolute Gasteiger partial charge is 0.381 e. The lowest BCUT2D eigenvalue weighted by Crippen LogP contribution is -2.32. The second-order valence-electron chi connectivity index (χ2n) is 5.62. The molecular formula is C17H33N3O. The number of hydrogen-bond donors (Lipinski definition) is 1. The van der Waals surface area contributed by atoms with E-state index in [0.717, 1.165) is 51.9 Å². The molecule has 0 spiro atoms. The van der Waals surface area contributed by atoms with Crippen LogP contribution in [0, 0.1) is 0 Å². The lowest BCUT2D eigenvalue weighted by Gasteiger charge is -2.17. The van der Waals surface area contributed by atoms with Gasteiger partial charge in [0.1, 0.15) is 0 Å². The summed E-state index contributed by atoms with van der Waals surface area (Å²) in [6.07, 6.45) is 7.52. The molecule has 0 radical (unpaired) electrons. The molecule has 21 heavy (non-hydrogen) atoms. The summed E-state index contributed by atoms with van der Waals surface area (Å²) in [7, 11) is 0. The minimum Gasteiger partial charge on any atom is -0.381 e. The maximum absolute atomic E-state index is 5.61. The molecule has 0 saturated carbocycles. The highest BCUT2D eigenvalue weighted by Gasteiger charge is 2.12. The van der Waals surface area contributed by atoms with Crippen molar-refractivity contribution in [3.63, 3.8) is 0 Å². The zero-order chi connectivity index (χ0) is 15.5. The van der Waals surface area contributed by atoms with Crippen molar-refractivity contribution < 1.29 is 4.74 Å². The molecule has 0 bridgehead atoms. The molecule has 0 amide bonds. The number of likely N-dealkylation sites (N-methyl/N-ethyl adjacent to an activating group) is 1. The quantitative estimate of drug-likeness (QED) is 0.599. The molecule has 0 aliphatic carbocycles. The Morgan fingerprint density at radius 1 is 1.19 bits per heavy atom. The SMILES string of the molecule is CCCOCCC(Cc1ccn(C(CC)CC)n1)NCC. The third kappa shape index (κ3) is 6.62. The van der Waals surface area contributed by atoms with Crippen LogP contribution in [0.4, 0.5) is 0 Å². The fourth-order valence-electron chi connectivity index (χ4n) is 2.64. The lowest BCUT2D eigenvalue weighted by molar-refractivity contribution is 0.124. The molecule has 0 aromatic carbocycles. The molecule has 122 valence electrons. The summed E-state index contributed by atoms with van der Waals surface area (Å²) in [6.45, 7) is 11.4. The molecular weight excluding hydrogens is 262 g/mol. The number of nitrogens with one attached hydrogen (secondary N) is 1. The van der Waals surface area contributed by atoms with Gasteiger partial charge in [0.2, 0.25) is 0 Å². The highest BCUT2D eigenvalue weighted by Crippen LogP contribution is 2.15. The van der Waals surface area contributed by atoms with Crippen LogP contribution in [0.15, 0.2) is 12.3 Å². The van der Waals surface area contributed by atoms with E-state index in [4.69, 9.17) is 9.84 Å². The van der Waals surface area contributed by atoms with E-state index < -0.39 is 0 Å². The Hall–Kier alpha value is -0.870. The average Bonchev–Trinajstić information content (AvgIpc) is 2.93. The molecule has 1 unspecified atom stereocenters. The van der Waals surface area contributed by atoms with E-state index in [1.807, 2.05) is 0 Å². The highest BCUT2D eigenvalue weighted by molar-refractivity contribution is 5.02. The molecule has 4 heteroatoms. The van der Waals surface area contributed by atoms with E-state index in [9.17, 15) is 0 Å². The second kappa shape index (κ2) is 10.8. The third-order valence-electron chi connectivity index (χ3n) is 3.89. The zero-order valence-corrected chi connectivity index (χ0v) is 14.3. The summed E-state index contributed by atoms with van der Waals surface area (Å²) in [5.74, 6) is 0. The molecule has 4 nitrogen and oxygen atoms in total. The lowest BCUT2D eigenvalue weighted by atomic mass is 10.1. The van der Waals surface area contributed by atoms with Crippen LogP contribution in [0.5, 0.6) is 0 Å². The predicted molar refractivity (Wildman–Crippen MR) is 88.7 cm³/mol. The van der Waals surface area contributed by atoms with Gasteiger partial charge in [-0.05, 0) is 38.3 Å². The number of hydrogen-bond acceptors (Lipinski definition) is 3. The van der Waals surface area contributed by atoms with Crippen molar-refractivity contribution in [2.75, 3.05) is 19.8 Å². The Labute approximate surface area is 130 Å². The van der Waals surface area contributed by atoms with Crippen LogP contribution in [0.25, 0.3) is 0 Å². The van der Waals surface area contributed by atoms with Crippen molar-refractivity contribution in [2.45, 2.75) is 71.9 Å². The van der Waals surface area contributed by atoms with Gasteiger partial charge in [-0.1, -0.05) is 27.7 Å². The van der Waals surface area contributed by atoms with Crippen molar-refractivity contribution in [3.05, 3.63) is 18.0 Å². The summed E-state index contributed by atoms with van der Waals surface area (Å²) in [4.78, 5) is 0. The minimum absolute atomic E-state index is 0.455. The van der Waals surface area contributed by atoms with Gasteiger partial charge in [-0.25, -0.2) is 0 Å². The third-order valence-corrected chi connectivity index (χ3v) is 3.89. The highest BCUT2D eigenvalue weighted by atomic mass is 16.5. The van der Waals surface area contributed by atoms with E-state index in [1.165, 1.54) is 5.69 Å². The normalized spacial score (nSPS) is 13.0. The van der Waals surface area contributed by atoms with E-state index in [1.54, 1.807) is 0 Å². The van der Waals surface area contributed by atoms with Crippen molar-refractivity contribution >= 4 is 0 Å². The molecule has 1 N–H and O–H groups in total. The molecule has 0 saturated heterocycles. The number of aromatic nitrogens is 2. The van der Waals surface area contributed by atoms with Crippen molar-refractivity contribution in [3.8, 4) is 0 Å². The summed E-state index contributed by atoms with van der Waals surface area (Å²) in [5.41, 5.74) is 1.18. The Balaban J connectivity index is 2.50. The van der Waals surface area contributed by atoms with Gasteiger partial charge in [0.15, 0.2) is 0 Å². The van der Waals surface area contributed by atoms with Gasteiger partial charge in [-0.3, -0.25) is 4.68 Å². The van der Waals surface area contributed by atoms with Gasteiger partial charge in [-0.2, -0.15) is 5.10 Å². The summed E-state index contributed by atoms with van der Waals surface area (Å²) >= 11 is 0. The van der Waals surface area contributed by atoms with Crippen LogP contribution in [0.2, 0.25) is 0 Å². The summed E-state index contributed by atoms with van der Waals surface area (Å²) in [6, 6.07) is 3.15. The van der Waals surface area contributed by atoms with Gasteiger partial charge in [0.05, 0.1) is 11.7 Å². The van der Waals surface area contributed by atoms with Crippen LogP contribution < -0.4 is 5.32 Å². The Morgan fingerprint density at radius 3 is 2.57 bits per heavy atom. The first kappa shape index (κ1) is 18.2. The van der Waals surface area contributed by atoms with Gasteiger partial charge in [-0.15, -0.1) is 0 Å². The molecule has 1 heterocycles. The fourth-order valence-corrected chi connectivity index (χ4v) is 2.64. The van der Waals surface area contributed by atoms with Crippen LogP contribution in [-0.4, -0.2) is 35.6 Å². The first-order valence-electron chi connectivity index (χ1n) is 8.60. The Morgan fingerprint density at radius 2 is 1.95 bits per heavy atom. The monoisotopic (exact) mass is 295 g/mol. The van der Waals surface area contributed by atoms with Crippen LogP contribution in [0.1, 0.15) is 65.1 Å². The Kier molecular flexibility index (Phi) is 9.35. The summed E-state index contributed by atoms with van der Waals surface area (Å²) in [5, 5.41) is 8.30. The zero-order valence-electron chi connectivity index (χ0n) is 14.3. The maximum Gasteiger partial charge on any atom is 0.0640 e. The molecule has 1 rings (SSSR count). The smallest absolute Gasteiger partial charge is 0.0640 e. The van der Waals surface area contributed by atoms with E-state index in [-0.39, 0.29) is 0 Å². The minimum atomic E-state index is 0.455. The van der Waals surface area contributed by atoms with Crippen LogP contribution in [-0.2, 0) is 11.2 Å². The van der Waals surface area contributed by atoms with Gasteiger partial charge in [0, 0.05) is 31.9 Å². The number of rotatable bonds is 12. The first-order valence-corrected chi connectivity index (χ1v) is 8.60. The van der Waals surface area contributed by atoms with Gasteiger partial charge < -0.3 is 10.1 Å². The molecule has 0 fully saturated rings. The fraction of sp³-hybridized carbons (Fsp3) is 0.824. The standard InChI is InChI=1S/C17H33N3O/c1-5-12-21-13-10-15(18-8-4)14-16-9-11-20(19-16)17(6-2)7-3/h9,11,15,17-18H,5-8,10,12-14H2,1-4H3. The first-order chi connectivity index (χ1) is 10.2.